The van der Waals surface area contributed by atoms with E-state index in [1.807, 2.05) is 42.5 Å². The highest BCUT2D eigenvalue weighted by molar-refractivity contribution is 5.87. The zero-order valence-corrected chi connectivity index (χ0v) is 21.9. The largest absolute Gasteiger partial charge is 0.494 e. The summed E-state index contributed by atoms with van der Waals surface area (Å²) < 4.78 is 5.77. The van der Waals surface area contributed by atoms with Gasteiger partial charge in [-0.1, -0.05) is 73.2 Å². The van der Waals surface area contributed by atoms with Gasteiger partial charge in [0.2, 0.25) is 0 Å². The Kier molecular flexibility index (Phi) is 12.1. The molecular weight excluding hydrogens is 476 g/mol. The van der Waals surface area contributed by atoms with Gasteiger partial charge in [-0.15, -0.1) is 0 Å². The summed E-state index contributed by atoms with van der Waals surface area (Å²) >= 11 is 0. The predicted octanol–water partition coefficient (Wildman–Crippen LogP) is 7.69. The summed E-state index contributed by atoms with van der Waals surface area (Å²) in [5.74, 6) is -0.527. The minimum atomic E-state index is -0.929. The van der Waals surface area contributed by atoms with Gasteiger partial charge in [0.15, 0.2) is 0 Å². The van der Waals surface area contributed by atoms with E-state index in [1.54, 1.807) is 12.1 Å². The van der Waals surface area contributed by atoms with Gasteiger partial charge in [0.1, 0.15) is 5.75 Å². The molecule has 3 aromatic carbocycles. The molecule has 1 atom stereocenters. The van der Waals surface area contributed by atoms with Crippen LogP contribution in [0.25, 0.3) is 6.08 Å². The fourth-order valence-corrected chi connectivity index (χ4v) is 4.45. The quantitative estimate of drug-likeness (QED) is 0.180. The molecule has 0 aliphatic rings. The molecule has 0 saturated heterocycles. The SMILES string of the molecule is O=C(O)CCCCC(/C=C/c1cccc(CCCCCOc2ccccc2)c1)Cc1ccc(C(=O)O)cc1. The van der Waals surface area contributed by atoms with Crippen LogP contribution in [0, 0.1) is 5.92 Å². The number of benzene rings is 3. The molecule has 1 unspecified atom stereocenters. The third-order valence-electron chi connectivity index (χ3n) is 6.55. The molecule has 0 radical (unpaired) electrons. The first-order chi connectivity index (χ1) is 18.5. The average Bonchev–Trinajstić information content (AvgIpc) is 2.92. The van der Waals surface area contributed by atoms with Crippen molar-refractivity contribution in [2.45, 2.75) is 57.8 Å². The van der Waals surface area contributed by atoms with Crippen LogP contribution >= 0.6 is 0 Å². The van der Waals surface area contributed by atoms with E-state index in [2.05, 4.69) is 36.4 Å². The van der Waals surface area contributed by atoms with Gasteiger partial charge in [-0.05, 0) is 91.8 Å². The van der Waals surface area contributed by atoms with Crippen molar-refractivity contribution in [1.29, 1.82) is 0 Å². The normalized spacial score (nSPS) is 11.9. The number of allylic oxidation sites excluding steroid dienone is 1. The standard InChI is InChI=1S/C33H38O5/c34-32(35)16-7-6-11-27(25-29-19-21-30(22-20-29)33(36)37)17-18-28-13-9-12-26(24-28)10-3-2-8-23-38-31-14-4-1-5-15-31/h1,4-5,9,12-15,17-22,24,27H,2-3,6-8,10-11,16,23,25H2,(H,34,35)(H,36,37)/b18-17+. The first-order valence-electron chi connectivity index (χ1n) is 13.5. The summed E-state index contributed by atoms with van der Waals surface area (Å²) in [4.78, 5) is 22.0. The number of aromatic carboxylic acids is 1. The van der Waals surface area contributed by atoms with Crippen LogP contribution in [-0.2, 0) is 17.6 Å². The van der Waals surface area contributed by atoms with Crippen molar-refractivity contribution in [3.05, 3.63) is 107 Å². The number of para-hydroxylation sites is 1. The molecule has 5 heteroatoms. The molecule has 0 aromatic heterocycles. The lowest BCUT2D eigenvalue weighted by atomic mass is 9.92. The molecule has 2 N–H and O–H groups in total. The number of hydrogen-bond acceptors (Lipinski definition) is 3. The lowest BCUT2D eigenvalue weighted by Crippen LogP contribution is -2.04. The molecule has 0 saturated carbocycles. The van der Waals surface area contributed by atoms with Gasteiger partial charge in [-0.3, -0.25) is 4.79 Å². The molecule has 0 amide bonds. The second kappa shape index (κ2) is 16.1. The van der Waals surface area contributed by atoms with Crippen molar-refractivity contribution in [1.82, 2.24) is 0 Å². The summed E-state index contributed by atoms with van der Waals surface area (Å²) in [5.41, 5.74) is 3.83. The minimum absolute atomic E-state index is 0.185. The third kappa shape index (κ3) is 11.0. The smallest absolute Gasteiger partial charge is 0.335 e. The zero-order valence-electron chi connectivity index (χ0n) is 21.9. The fourth-order valence-electron chi connectivity index (χ4n) is 4.45. The fraction of sp³-hybridized carbons (Fsp3) is 0.333. The van der Waals surface area contributed by atoms with Gasteiger partial charge >= 0.3 is 11.9 Å². The van der Waals surface area contributed by atoms with Crippen molar-refractivity contribution in [3.8, 4) is 5.75 Å². The Balaban J connectivity index is 1.51. The number of aryl methyl sites for hydroxylation is 1. The Labute approximate surface area is 225 Å². The summed E-state index contributed by atoms with van der Waals surface area (Å²) in [6.07, 6.45) is 12.0. The van der Waals surface area contributed by atoms with E-state index < -0.39 is 11.9 Å². The molecular formula is C33H38O5. The number of carboxylic acids is 2. The molecule has 0 heterocycles. The zero-order chi connectivity index (χ0) is 27.0. The van der Waals surface area contributed by atoms with Gasteiger partial charge in [0.25, 0.3) is 0 Å². The molecule has 200 valence electrons. The Bertz CT molecular complexity index is 1150. The molecule has 38 heavy (non-hydrogen) atoms. The van der Waals surface area contributed by atoms with Crippen LogP contribution in [0.3, 0.4) is 0 Å². The lowest BCUT2D eigenvalue weighted by Gasteiger charge is -2.13. The number of carboxylic acid groups (broad SMARTS) is 2. The number of hydrogen-bond donors (Lipinski definition) is 2. The highest BCUT2D eigenvalue weighted by Gasteiger charge is 2.09. The Morgan fingerprint density at radius 3 is 2.32 bits per heavy atom. The third-order valence-corrected chi connectivity index (χ3v) is 6.55. The average molecular weight is 515 g/mol. The second-order valence-electron chi connectivity index (χ2n) is 9.68. The van der Waals surface area contributed by atoms with E-state index >= 15 is 0 Å². The Hall–Kier alpha value is -3.86. The van der Waals surface area contributed by atoms with Crippen LogP contribution in [-0.4, -0.2) is 28.8 Å². The second-order valence-corrected chi connectivity index (χ2v) is 9.68. The lowest BCUT2D eigenvalue weighted by molar-refractivity contribution is -0.137. The maximum atomic E-state index is 11.2. The van der Waals surface area contributed by atoms with Crippen molar-refractivity contribution in [2.24, 2.45) is 5.92 Å². The monoisotopic (exact) mass is 514 g/mol. The first kappa shape index (κ1) is 28.7. The molecule has 0 aliphatic heterocycles. The summed E-state index contributed by atoms with van der Waals surface area (Å²) in [6, 6.07) is 25.5. The highest BCUT2D eigenvalue weighted by atomic mass is 16.5. The molecule has 5 nitrogen and oxygen atoms in total. The van der Waals surface area contributed by atoms with Crippen molar-refractivity contribution in [3.63, 3.8) is 0 Å². The van der Waals surface area contributed by atoms with Crippen molar-refractivity contribution >= 4 is 18.0 Å². The highest BCUT2D eigenvalue weighted by Crippen LogP contribution is 2.20. The molecule has 0 bridgehead atoms. The van der Waals surface area contributed by atoms with Gasteiger partial charge in [0, 0.05) is 6.42 Å². The number of ether oxygens (including phenoxy) is 1. The van der Waals surface area contributed by atoms with E-state index in [0.717, 1.165) is 68.4 Å². The van der Waals surface area contributed by atoms with Crippen molar-refractivity contribution in [2.75, 3.05) is 6.61 Å². The van der Waals surface area contributed by atoms with Crippen LogP contribution in [0.5, 0.6) is 5.75 Å². The van der Waals surface area contributed by atoms with E-state index in [0.29, 0.717) is 6.42 Å². The number of aliphatic carboxylic acids is 1. The minimum Gasteiger partial charge on any atom is -0.494 e. The molecule has 0 spiro atoms. The van der Waals surface area contributed by atoms with E-state index in [1.165, 1.54) is 5.56 Å². The number of carbonyl (C=O) groups is 2. The molecule has 3 aromatic rings. The van der Waals surface area contributed by atoms with E-state index in [4.69, 9.17) is 14.9 Å². The van der Waals surface area contributed by atoms with Crippen LogP contribution in [0.4, 0.5) is 0 Å². The van der Waals surface area contributed by atoms with Gasteiger partial charge in [-0.2, -0.15) is 0 Å². The maximum Gasteiger partial charge on any atom is 0.335 e. The van der Waals surface area contributed by atoms with Crippen molar-refractivity contribution < 1.29 is 24.5 Å². The topological polar surface area (TPSA) is 83.8 Å². The van der Waals surface area contributed by atoms with E-state index in [9.17, 15) is 9.59 Å². The van der Waals surface area contributed by atoms with E-state index in [-0.39, 0.29) is 17.9 Å². The van der Waals surface area contributed by atoms with Crippen LogP contribution in [0.1, 0.15) is 72.0 Å². The number of unbranched alkanes of at least 4 members (excludes halogenated alkanes) is 3. The van der Waals surface area contributed by atoms with Gasteiger partial charge < -0.3 is 14.9 Å². The molecule has 0 aliphatic carbocycles. The Morgan fingerprint density at radius 2 is 1.58 bits per heavy atom. The summed E-state index contributed by atoms with van der Waals surface area (Å²) in [5, 5.41) is 18.1. The van der Waals surface area contributed by atoms with Crippen LogP contribution in [0.15, 0.2) is 84.9 Å². The van der Waals surface area contributed by atoms with Gasteiger partial charge in [0.05, 0.1) is 12.2 Å². The summed E-state index contributed by atoms with van der Waals surface area (Å²) in [7, 11) is 0. The maximum absolute atomic E-state index is 11.2. The molecule has 3 rings (SSSR count). The first-order valence-corrected chi connectivity index (χ1v) is 13.5. The van der Waals surface area contributed by atoms with Crippen LogP contribution < -0.4 is 4.74 Å². The molecule has 0 fully saturated rings. The Morgan fingerprint density at radius 1 is 0.789 bits per heavy atom. The van der Waals surface area contributed by atoms with Crippen LogP contribution in [0.2, 0.25) is 0 Å². The predicted molar refractivity (Wildman–Crippen MR) is 152 cm³/mol. The van der Waals surface area contributed by atoms with Gasteiger partial charge in [-0.25, -0.2) is 4.79 Å². The number of rotatable bonds is 17. The summed E-state index contributed by atoms with van der Waals surface area (Å²) in [6.45, 7) is 0.736.